The Bertz CT molecular complexity index is 223. The van der Waals surface area contributed by atoms with E-state index in [9.17, 15) is 4.79 Å². The Morgan fingerprint density at radius 1 is 1.47 bits per heavy atom. The minimum atomic E-state index is -0.412. The molecule has 1 atom stereocenters. The van der Waals surface area contributed by atoms with Crippen molar-refractivity contribution in [3.63, 3.8) is 0 Å². The highest BCUT2D eigenvalue weighted by Crippen LogP contribution is 2.10. The molecule has 0 aromatic rings. The quantitative estimate of drug-likeness (QED) is 0.721. The van der Waals surface area contributed by atoms with Crippen LogP contribution in [0.25, 0.3) is 0 Å². The molecular weight excluding hydrogens is 192 g/mol. The first-order valence-corrected chi connectivity index (χ1v) is 5.55. The molecule has 1 fully saturated rings. The molecule has 4 nitrogen and oxygen atoms in total. The molecule has 1 saturated heterocycles. The molecule has 1 amide bonds. The molecule has 1 aliphatic heterocycles. The van der Waals surface area contributed by atoms with Crippen LogP contribution in [-0.2, 0) is 4.74 Å². The van der Waals surface area contributed by atoms with Crippen molar-refractivity contribution in [1.82, 2.24) is 10.2 Å². The van der Waals surface area contributed by atoms with Crippen LogP contribution in [0.2, 0.25) is 0 Å². The summed E-state index contributed by atoms with van der Waals surface area (Å²) in [6.07, 6.45) is 1.88. The van der Waals surface area contributed by atoms with Gasteiger partial charge in [0, 0.05) is 12.6 Å². The van der Waals surface area contributed by atoms with Gasteiger partial charge in [0.25, 0.3) is 0 Å². The van der Waals surface area contributed by atoms with Crippen molar-refractivity contribution >= 4 is 6.09 Å². The zero-order valence-corrected chi connectivity index (χ0v) is 10.2. The first-order valence-electron chi connectivity index (χ1n) is 5.55. The van der Waals surface area contributed by atoms with Gasteiger partial charge in [-0.1, -0.05) is 0 Å². The highest BCUT2D eigenvalue weighted by Gasteiger charge is 2.22. The van der Waals surface area contributed by atoms with Crippen LogP contribution in [0.5, 0.6) is 0 Å². The lowest BCUT2D eigenvalue weighted by molar-refractivity contribution is 0.0479. The minimum Gasteiger partial charge on any atom is -0.444 e. The van der Waals surface area contributed by atoms with E-state index in [1.807, 2.05) is 20.8 Å². The number of amides is 1. The fraction of sp³-hybridized carbons (Fsp3) is 0.909. The third kappa shape index (κ3) is 5.02. The maximum absolute atomic E-state index is 11.5. The van der Waals surface area contributed by atoms with Gasteiger partial charge in [-0.3, -0.25) is 0 Å². The van der Waals surface area contributed by atoms with Gasteiger partial charge >= 0.3 is 6.09 Å². The number of carbonyl (C=O) groups excluding carboxylic acids is 1. The molecule has 0 radical (unpaired) electrons. The standard InChI is InChI=1S/C11H22N2O2/c1-11(2,3)15-10(14)12-9-6-5-7-13(4)8-9/h9H,5-8H2,1-4H3,(H,12,14)/t9-/m1/s1. The van der Waals surface area contributed by atoms with E-state index in [2.05, 4.69) is 17.3 Å². The Balaban J connectivity index is 2.31. The average Bonchev–Trinajstić information content (AvgIpc) is 1.99. The number of piperidine rings is 1. The van der Waals surface area contributed by atoms with Crippen LogP contribution in [0.1, 0.15) is 33.6 Å². The summed E-state index contributed by atoms with van der Waals surface area (Å²) < 4.78 is 5.21. The van der Waals surface area contributed by atoms with Gasteiger partial charge in [-0.15, -0.1) is 0 Å². The van der Waals surface area contributed by atoms with E-state index in [1.54, 1.807) is 0 Å². The average molecular weight is 214 g/mol. The van der Waals surface area contributed by atoms with Crippen molar-refractivity contribution in [2.45, 2.75) is 45.3 Å². The molecular formula is C11H22N2O2. The Morgan fingerprint density at radius 2 is 2.13 bits per heavy atom. The van der Waals surface area contributed by atoms with Crippen molar-refractivity contribution in [3.05, 3.63) is 0 Å². The molecule has 0 spiro atoms. The first kappa shape index (κ1) is 12.3. The van der Waals surface area contributed by atoms with E-state index < -0.39 is 5.60 Å². The van der Waals surface area contributed by atoms with Crippen LogP contribution >= 0.6 is 0 Å². The third-order valence-electron chi connectivity index (χ3n) is 2.35. The number of likely N-dealkylation sites (tertiary alicyclic amines) is 1. The van der Waals surface area contributed by atoms with Crippen LogP contribution in [-0.4, -0.2) is 42.8 Å². The predicted molar refractivity (Wildman–Crippen MR) is 59.9 cm³/mol. The second kappa shape index (κ2) is 4.84. The van der Waals surface area contributed by atoms with Crippen molar-refractivity contribution in [1.29, 1.82) is 0 Å². The van der Waals surface area contributed by atoms with Gasteiger partial charge in [-0.05, 0) is 47.2 Å². The summed E-state index contributed by atoms with van der Waals surface area (Å²) >= 11 is 0. The Labute approximate surface area is 92.0 Å². The zero-order chi connectivity index (χ0) is 11.5. The Hall–Kier alpha value is -0.770. The van der Waals surface area contributed by atoms with Crippen LogP contribution in [0, 0.1) is 0 Å². The van der Waals surface area contributed by atoms with E-state index >= 15 is 0 Å². The smallest absolute Gasteiger partial charge is 0.407 e. The molecule has 1 N–H and O–H groups in total. The van der Waals surface area contributed by atoms with Gasteiger partial charge < -0.3 is 15.0 Å². The second-order valence-corrected chi connectivity index (χ2v) is 5.25. The summed E-state index contributed by atoms with van der Waals surface area (Å²) in [7, 11) is 2.07. The van der Waals surface area contributed by atoms with Gasteiger partial charge in [0.15, 0.2) is 0 Å². The number of ether oxygens (including phenoxy) is 1. The predicted octanol–water partition coefficient (Wildman–Crippen LogP) is 1.61. The summed E-state index contributed by atoms with van der Waals surface area (Å²) in [5.41, 5.74) is -0.412. The molecule has 0 unspecified atom stereocenters. The highest BCUT2D eigenvalue weighted by atomic mass is 16.6. The van der Waals surface area contributed by atoms with E-state index in [0.717, 1.165) is 25.9 Å². The summed E-state index contributed by atoms with van der Waals surface area (Å²) in [4.78, 5) is 13.7. The lowest BCUT2D eigenvalue weighted by atomic mass is 10.1. The molecule has 0 bridgehead atoms. The summed E-state index contributed by atoms with van der Waals surface area (Å²) in [5.74, 6) is 0. The van der Waals surface area contributed by atoms with Crippen LogP contribution in [0.15, 0.2) is 0 Å². The molecule has 0 saturated carbocycles. The van der Waals surface area contributed by atoms with Gasteiger partial charge in [0.1, 0.15) is 5.60 Å². The summed E-state index contributed by atoms with van der Waals surface area (Å²) in [5, 5.41) is 2.90. The number of rotatable bonds is 1. The Kier molecular flexibility index (Phi) is 3.97. The zero-order valence-electron chi connectivity index (χ0n) is 10.2. The van der Waals surface area contributed by atoms with E-state index in [0.29, 0.717) is 0 Å². The maximum atomic E-state index is 11.5. The van der Waals surface area contributed by atoms with Gasteiger partial charge in [-0.25, -0.2) is 4.79 Å². The van der Waals surface area contributed by atoms with Crippen molar-refractivity contribution in [3.8, 4) is 0 Å². The highest BCUT2D eigenvalue weighted by molar-refractivity contribution is 5.68. The lowest BCUT2D eigenvalue weighted by Crippen LogP contribution is -2.47. The monoisotopic (exact) mass is 214 g/mol. The number of alkyl carbamates (subject to hydrolysis) is 1. The summed E-state index contributed by atoms with van der Waals surface area (Å²) in [6.45, 7) is 7.66. The summed E-state index contributed by atoms with van der Waals surface area (Å²) in [6, 6.07) is 0.235. The van der Waals surface area contributed by atoms with E-state index in [4.69, 9.17) is 4.74 Å². The minimum absolute atomic E-state index is 0.235. The normalized spacial score (nSPS) is 23.6. The van der Waals surface area contributed by atoms with Crippen LogP contribution in [0.4, 0.5) is 4.79 Å². The second-order valence-electron chi connectivity index (χ2n) is 5.25. The van der Waals surface area contributed by atoms with Crippen molar-refractivity contribution in [2.24, 2.45) is 0 Å². The molecule has 15 heavy (non-hydrogen) atoms. The molecule has 1 aliphatic rings. The number of hydrogen-bond acceptors (Lipinski definition) is 3. The van der Waals surface area contributed by atoms with Crippen molar-refractivity contribution < 1.29 is 9.53 Å². The fourth-order valence-electron chi connectivity index (χ4n) is 1.76. The first-order chi connectivity index (χ1) is 6.87. The molecule has 88 valence electrons. The molecule has 1 rings (SSSR count). The third-order valence-corrected chi connectivity index (χ3v) is 2.35. The van der Waals surface area contributed by atoms with Crippen LogP contribution < -0.4 is 5.32 Å². The van der Waals surface area contributed by atoms with Gasteiger partial charge in [-0.2, -0.15) is 0 Å². The lowest BCUT2D eigenvalue weighted by Gasteiger charge is -2.31. The number of nitrogens with zero attached hydrogens (tertiary/aromatic N) is 1. The molecule has 0 aliphatic carbocycles. The fourth-order valence-corrected chi connectivity index (χ4v) is 1.76. The van der Waals surface area contributed by atoms with Gasteiger partial charge in [0.2, 0.25) is 0 Å². The molecule has 0 aromatic heterocycles. The Morgan fingerprint density at radius 3 is 2.67 bits per heavy atom. The van der Waals surface area contributed by atoms with Crippen LogP contribution in [0.3, 0.4) is 0 Å². The van der Waals surface area contributed by atoms with E-state index in [-0.39, 0.29) is 12.1 Å². The largest absolute Gasteiger partial charge is 0.444 e. The molecule has 1 heterocycles. The molecule has 0 aromatic carbocycles. The van der Waals surface area contributed by atoms with E-state index in [1.165, 1.54) is 0 Å². The number of hydrogen-bond donors (Lipinski definition) is 1. The number of carbonyl (C=O) groups is 1. The van der Waals surface area contributed by atoms with Crippen molar-refractivity contribution in [2.75, 3.05) is 20.1 Å². The topological polar surface area (TPSA) is 41.6 Å². The molecule has 4 heteroatoms. The number of nitrogens with one attached hydrogen (secondary N) is 1. The van der Waals surface area contributed by atoms with Gasteiger partial charge in [0.05, 0.1) is 0 Å². The maximum Gasteiger partial charge on any atom is 0.407 e. The number of likely N-dealkylation sites (N-methyl/N-ethyl adjacent to an activating group) is 1. The SMILES string of the molecule is CN1CCC[C@@H](NC(=O)OC(C)(C)C)C1.